The fourth-order valence-electron chi connectivity index (χ4n) is 2.10. The van der Waals surface area contributed by atoms with E-state index in [9.17, 15) is 4.79 Å². The Morgan fingerprint density at radius 1 is 1.37 bits per heavy atom. The van der Waals surface area contributed by atoms with Crippen molar-refractivity contribution in [3.8, 4) is 0 Å². The number of nitrogens with two attached hydrogens (primary N) is 1. The third-order valence-electron chi connectivity index (χ3n) is 3.47. The Morgan fingerprint density at radius 2 is 1.95 bits per heavy atom. The third kappa shape index (κ3) is 3.55. The molecule has 1 aliphatic rings. The minimum Gasteiger partial charge on any atom is -0.381 e. The SMILES string of the molecule is CC(N)(C(=O)NC1CCOCC1)c1ccc(Br)cc1. The van der Waals surface area contributed by atoms with Gasteiger partial charge in [0.1, 0.15) is 5.54 Å². The van der Waals surface area contributed by atoms with Gasteiger partial charge in [-0.1, -0.05) is 28.1 Å². The summed E-state index contributed by atoms with van der Waals surface area (Å²) in [4.78, 5) is 12.3. The number of rotatable bonds is 3. The van der Waals surface area contributed by atoms with Gasteiger partial charge >= 0.3 is 0 Å². The van der Waals surface area contributed by atoms with E-state index in [0.29, 0.717) is 13.2 Å². The molecule has 104 valence electrons. The molecule has 4 nitrogen and oxygen atoms in total. The first-order chi connectivity index (χ1) is 9.00. The second kappa shape index (κ2) is 6.03. The Morgan fingerprint density at radius 3 is 2.53 bits per heavy atom. The second-order valence-corrected chi connectivity index (χ2v) is 5.99. The van der Waals surface area contributed by atoms with E-state index >= 15 is 0 Å². The van der Waals surface area contributed by atoms with Crippen LogP contribution in [0.1, 0.15) is 25.3 Å². The molecule has 0 saturated carbocycles. The smallest absolute Gasteiger partial charge is 0.244 e. The largest absolute Gasteiger partial charge is 0.381 e. The summed E-state index contributed by atoms with van der Waals surface area (Å²) in [7, 11) is 0. The standard InChI is InChI=1S/C14H19BrN2O2/c1-14(16,10-2-4-11(15)5-3-10)13(18)17-12-6-8-19-9-7-12/h2-5,12H,6-9,16H2,1H3,(H,17,18). The van der Waals surface area contributed by atoms with E-state index in [-0.39, 0.29) is 11.9 Å². The molecule has 3 N–H and O–H groups in total. The summed E-state index contributed by atoms with van der Waals surface area (Å²) in [6.45, 7) is 3.14. The lowest BCUT2D eigenvalue weighted by atomic mass is 9.91. The van der Waals surface area contributed by atoms with Gasteiger partial charge in [0.2, 0.25) is 5.91 Å². The van der Waals surface area contributed by atoms with Crippen LogP contribution in [0.2, 0.25) is 0 Å². The van der Waals surface area contributed by atoms with Crippen molar-refractivity contribution in [2.75, 3.05) is 13.2 Å². The lowest BCUT2D eigenvalue weighted by Crippen LogP contribution is -2.52. The van der Waals surface area contributed by atoms with Crippen LogP contribution < -0.4 is 11.1 Å². The van der Waals surface area contributed by atoms with Crippen LogP contribution >= 0.6 is 15.9 Å². The fraction of sp³-hybridized carbons (Fsp3) is 0.500. The zero-order valence-electron chi connectivity index (χ0n) is 11.0. The van der Waals surface area contributed by atoms with E-state index < -0.39 is 5.54 Å². The van der Waals surface area contributed by atoms with E-state index in [4.69, 9.17) is 10.5 Å². The first-order valence-corrected chi connectivity index (χ1v) is 7.23. The summed E-state index contributed by atoms with van der Waals surface area (Å²) in [5.41, 5.74) is 5.98. The summed E-state index contributed by atoms with van der Waals surface area (Å²) in [5, 5.41) is 3.02. The molecule has 19 heavy (non-hydrogen) atoms. The summed E-state index contributed by atoms with van der Waals surface area (Å²) in [6.07, 6.45) is 1.70. The number of nitrogens with one attached hydrogen (secondary N) is 1. The summed E-state index contributed by atoms with van der Waals surface area (Å²) in [5.74, 6) is -0.137. The highest BCUT2D eigenvalue weighted by Crippen LogP contribution is 2.21. The number of ether oxygens (including phenoxy) is 1. The molecule has 1 fully saturated rings. The molecule has 1 saturated heterocycles. The summed E-state index contributed by atoms with van der Waals surface area (Å²) >= 11 is 3.37. The van der Waals surface area contributed by atoms with Crippen molar-refractivity contribution >= 4 is 21.8 Å². The van der Waals surface area contributed by atoms with Crippen LogP contribution in [0.4, 0.5) is 0 Å². The van der Waals surface area contributed by atoms with Gasteiger partial charge in [-0.3, -0.25) is 4.79 Å². The van der Waals surface area contributed by atoms with Crippen molar-refractivity contribution in [2.45, 2.75) is 31.3 Å². The van der Waals surface area contributed by atoms with Crippen molar-refractivity contribution in [1.29, 1.82) is 0 Å². The van der Waals surface area contributed by atoms with Gasteiger partial charge in [0.05, 0.1) is 0 Å². The molecule has 1 aromatic carbocycles. The molecule has 0 bridgehead atoms. The number of benzene rings is 1. The predicted octanol–water partition coefficient (Wildman–Crippen LogP) is 1.92. The van der Waals surface area contributed by atoms with Crippen molar-refractivity contribution in [3.63, 3.8) is 0 Å². The number of hydrogen-bond acceptors (Lipinski definition) is 3. The monoisotopic (exact) mass is 326 g/mol. The maximum atomic E-state index is 12.3. The molecule has 1 atom stereocenters. The molecule has 1 aliphatic heterocycles. The summed E-state index contributed by atoms with van der Waals surface area (Å²) < 4.78 is 6.25. The van der Waals surface area contributed by atoms with Gasteiger partial charge in [0.25, 0.3) is 0 Å². The van der Waals surface area contributed by atoms with Crippen LogP contribution in [0.3, 0.4) is 0 Å². The first kappa shape index (κ1) is 14.5. The van der Waals surface area contributed by atoms with E-state index in [1.807, 2.05) is 24.3 Å². The number of amides is 1. The third-order valence-corrected chi connectivity index (χ3v) is 4.00. The van der Waals surface area contributed by atoms with Gasteiger partial charge in [-0.2, -0.15) is 0 Å². The Labute approximate surface area is 121 Å². The lowest BCUT2D eigenvalue weighted by molar-refractivity contribution is -0.127. The van der Waals surface area contributed by atoms with Gasteiger partial charge in [-0.25, -0.2) is 0 Å². The Bertz CT molecular complexity index is 439. The highest BCUT2D eigenvalue weighted by Gasteiger charge is 2.32. The van der Waals surface area contributed by atoms with Gasteiger partial charge in [-0.05, 0) is 37.5 Å². The molecule has 5 heteroatoms. The number of halogens is 1. The second-order valence-electron chi connectivity index (χ2n) is 5.07. The zero-order valence-corrected chi connectivity index (χ0v) is 12.6. The first-order valence-electron chi connectivity index (χ1n) is 6.44. The van der Waals surface area contributed by atoms with E-state index in [1.165, 1.54) is 0 Å². The van der Waals surface area contributed by atoms with Crippen molar-refractivity contribution in [3.05, 3.63) is 34.3 Å². The molecule has 1 heterocycles. The van der Waals surface area contributed by atoms with Crippen molar-refractivity contribution in [1.82, 2.24) is 5.32 Å². The maximum absolute atomic E-state index is 12.3. The van der Waals surface area contributed by atoms with Gasteiger partial charge in [-0.15, -0.1) is 0 Å². The molecule has 1 amide bonds. The Balaban J connectivity index is 2.05. The summed E-state index contributed by atoms with van der Waals surface area (Å²) in [6, 6.07) is 7.69. The molecule has 1 unspecified atom stereocenters. The number of carbonyl (C=O) groups is 1. The Hall–Kier alpha value is -0.910. The Kier molecular flexibility index (Phi) is 4.60. The average molecular weight is 327 g/mol. The highest BCUT2D eigenvalue weighted by molar-refractivity contribution is 9.10. The van der Waals surface area contributed by atoms with Crippen LogP contribution in [0.5, 0.6) is 0 Å². The number of carbonyl (C=O) groups excluding carboxylic acids is 1. The van der Waals surface area contributed by atoms with Gasteiger partial charge in [0, 0.05) is 23.7 Å². The quantitative estimate of drug-likeness (QED) is 0.891. The molecule has 2 rings (SSSR count). The van der Waals surface area contributed by atoms with Gasteiger partial charge in [0.15, 0.2) is 0 Å². The lowest BCUT2D eigenvalue weighted by Gasteiger charge is -2.29. The molecule has 0 aliphatic carbocycles. The molecular weight excluding hydrogens is 308 g/mol. The van der Waals surface area contributed by atoms with Gasteiger partial charge < -0.3 is 15.8 Å². The minimum atomic E-state index is -1.01. The molecule has 0 radical (unpaired) electrons. The van der Waals surface area contributed by atoms with E-state index in [0.717, 1.165) is 22.9 Å². The van der Waals surface area contributed by atoms with Crippen molar-refractivity contribution < 1.29 is 9.53 Å². The van der Waals surface area contributed by atoms with Crippen LogP contribution in [-0.4, -0.2) is 25.2 Å². The molecule has 0 spiro atoms. The molecule has 0 aromatic heterocycles. The maximum Gasteiger partial charge on any atom is 0.244 e. The number of hydrogen-bond donors (Lipinski definition) is 2. The average Bonchev–Trinajstić information content (AvgIpc) is 2.40. The molecular formula is C14H19BrN2O2. The normalized spacial score (nSPS) is 19.7. The van der Waals surface area contributed by atoms with Crippen LogP contribution in [-0.2, 0) is 15.1 Å². The van der Waals surface area contributed by atoms with Crippen LogP contribution in [0.25, 0.3) is 0 Å². The highest BCUT2D eigenvalue weighted by atomic mass is 79.9. The van der Waals surface area contributed by atoms with E-state index in [1.54, 1.807) is 6.92 Å². The van der Waals surface area contributed by atoms with Crippen LogP contribution in [0.15, 0.2) is 28.7 Å². The predicted molar refractivity (Wildman–Crippen MR) is 77.7 cm³/mol. The van der Waals surface area contributed by atoms with E-state index in [2.05, 4.69) is 21.2 Å². The fourth-order valence-corrected chi connectivity index (χ4v) is 2.37. The van der Waals surface area contributed by atoms with Crippen molar-refractivity contribution in [2.24, 2.45) is 5.73 Å². The molecule has 1 aromatic rings. The minimum absolute atomic E-state index is 0.137. The zero-order chi connectivity index (χ0) is 13.9. The van der Waals surface area contributed by atoms with Crippen LogP contribution in [0, 0.1) is 0 Å². The topological polar surface area (TPSA) is 64.4 Å².